The third kappa shape index (κ3) is 3.22. The van der Waals surface area contributed by atoms with Gasteiger partial charge in [0.25, 0.3) is 0 Å². The van der Waals surface area contributed by atoms with E-state index in [2.05, 4.69) is 0 Å². The van der Waals surface area contributed by atoms with Crippen LogP contribution in [0.25, 0.3) is 0 Å². The van der Waals surface area contributed by atoms with Gasteiger partial charge in [0.1, 0.15) is 0 Å². The van der Waals surface area contributed by atoms with Crippen LogP contribution in [0.1, 0.15) is 32.6 Å². The minimum atomic E-state index is -0.348. The minimum Gasteiger partial charge on any atom is -0.350 e. The molecular weight excluding hydrogens is 232 g/mol. The fraction of sp³-hybridized carbons (Fsp3) is 0.923. The van der Waals surface area contributed by atoms with E-state index in [1.54, 1.807) is 0 Å². The number of amides is 1. The zero-order valence-electron chi connectivity index (χ0n) is 11.1. The number of ether oxygens (including phenoxy) is 2. The van der Waals surface area contributed by atoms with Gasteiger partial charge in [-0.15, -0.1) is 0 Å². The number of nitrogens with two attached hydrogens (primary N) is 1. The topological polar surface area (TPSA) is 64.8 Å². The Morgan fingerprint density at radius 3 is 2.83 bits per heavy atom. The van der Waals surface area contributed by atoms with Gasteiger partial charge in [0.05, 0.1) is 19.3 Å². The molecule has 18 heavy (non-hydrogen) atoms. The number of likely N-dealkylation sites (tertiary alicyclic amines) is 1. The van der Waals surface area contributed by atoms with Crippen molar-refractivity contribution in [1.29, 1.82) is 0 Å². The molecule has 2 aliphatic heterocycles. The normalized spacial score (nSPS) is 27.4. The van der Waals surface area contributed by atoms with Crippen LogP contribution in [0.5, 0.6) is 0 Å². The molecule has 0 aromatic heterocycles. The van der Waals surface area contributed by atoms with E-state index in [1.165, 1.54) is 0 Å². The van der Waals surface area contributed by atoms with Crippen molar-refractivity contribution in [3.63, 3.8) is 0 Å². The number of hydrogen-bond acceptors (Lipinski definition) is 4. The quantitative estimate of drug-likeness (QED) is 0.805. The fourth-order valence-electron chi connectivity index (χ4n) is 2.75. The Bertz CT molecular complexity index is 279. The molecule has 5 heteroatoms. The lowest BCUT2D eigenvalue weighted by Crippen LogP contribution is -2.49. The molecular formula is C13H24N2O3. The molecule has 0 aromatic rings. The average molecular weight is 256 g/mol. The average Bonchev–Trinajstić information content (AvgIpc) is 2.92. The zero-order valence-corrected chi connectivity index (χ0v) is 11.1. The Hall–Kier alpha value is -0.650. The second-order valence-electron chi connectivity index (χ2n) is 5.19. The summed E-state index contributed by atoms with van der Waals surface area (Å²) in [5, 5.41) is 0. The Kier molecular flexibility index (Phi) is 4.97. The first-order valence-corrected chi connectivity index (χ1v) is 7.00. The van der Waals surface area contributed by atoms with Gasteiger partial charge in [0.2, 0.25) is 5.91 Å². The van der Waals surface area contributed by atoms with Crippen LogP contribution >= 0.6 is 0 Å². The predicted molar refractivity (Wildman–Crippen MR) is 67.9 cm³/mol. The van der Waals surface area contributed by atoms with Crippen LogP contribution in [0, 0.1) is 5.92 Å². The van der Waals surface area contributed by atoms with Gasteiger partial charge in [-0.2, -0.15) is 0 Å². The third-order valence-corrected chi connectivity index (χ3v) is 3.72. The molecule has 5 nitrogen and oxygen atoms in total. The third-order valence-electron chi connectivity index (χ3n) is 3.72. The fourth-order valence-corrected chi connectivity index (χ4v) is 2.75. The van der Waals surface area contributed by atoms with Crippen molar-refractivity contribution in [3.05, 3.63) is 0 Å². The van der Waals surface area contributed by atoms with Gasteiger partial charge < -0.3 is 20.1 Å². The highest BCUT2D eigenvalue weighted by atomic mass is 16.7. The first-order chi connectivity index (χ1) is 8.72. The maximum absolute atomic E-state index is 12.2. The van der Waals surface area contributed by atoms with Gasteiger partial charge >= 0.3 is 0 Å². The lowest BCUT2D eigenvalue weighted by molar-refractivity contribution is -0.140. The van der Waals surface area contributed by atoms with E-state index < -0.39 is 0 Å². The SMILES string of the molecule is CCCC(N)C(=O)N1CCCC(C2OCCO2)C1. The highest BCUT2D eigenvalue weighted by Gasteiger charge is 2.33. The second kappa shape index (κ2) is 6.50. The van der Waals surface area contributed by atoms with Crippen molar-refractivity contribution in [2.24, 2.45) is 11.7 Å². The smallest absolute Gasteiger partial charge is 0.239 e. The Morgan fingerprint density at radius 2 is 2.17 bits per heavy atom. The zero-order chi connectivity index (χ0) is 13.0. The molecule has 0 aromatic carbocycles. The summed E-state index contributed by atoms with van der Waals surface area (Å²) >= 11 is 0. The van der Waals surface area contributed by atoms with Gasteiger partial charge in [-0.1, -0.05) is 13.3 Å². The largest absolute Gasteiger partial charge is 0.350 e. The van der Waals surface area contributed by atoms with Gasteiger partial charge in [-0.3, -0.25) is 4.79 Å². The number of carbonyl (C=O) groups excluding carboxylic acids is 1. The van der Waals surface area contributed by atoms with E-state index in [9.17, 15) is 4.79 Å². The summed E-state index contributed by atoms with van der Waals surface area (Å²) in [4.78, 5) is 14.1. The summed E-state index contributed by atoms with van der Waals surface area (Å²) in [6, 6.07) is -0.348. The molecule has 0 radical (unpaired) electrons. The summed E-state index contributed by atoms with van der Waals surface area (Å²) < 4.78 is 11.1. The molecule has 0 aliphatic carbocycles. The summed E-state index contributed by atoms with van der Waals surface area (Å²) in [7, 11) is 0. The molecule has 0 bridgehead atoms. The lowest BCUT2D eigenvalue weighted by Gasteiger charge is -2.35. The van der Waals surface area contributed by atoms with Crippen molar-refractivity contribution in [1.82, 2.24) is 4.90 Å². The molecule has 2 unspecified atom stereocenters. The molecule has 2 atom stereocenters. The van der Waals surface area contributed by atoms with Crippen LogP contribution in [0.4, 0.5) is 0 Å². The molecule has 2 heterocycles. The highest BCUT2D eigenvalue weighted by Crippen LogP contribution is 2.25. The van der Waals surface area contributed by atoms with Crippen LogP contribution in [-0.2, 0) is 14.3 Å². The molecule has 0 spiro atoms. The van der Waals surface area contributed by atoms with Crippen molar-refractivity contribution in [2.45, 2.75) is 44.9 Å². The van der Waals surface area contributed by atoms with Crippen LogP contribution in [0.2, 0.25) is 0 Å². The van der Waals surface area contributed by atoms with E-state index in [0.717, 1.165) is 38.8 Å². The number of nitrogens with zero attached hydrogens (tertiary/aromatic N) is 1. The molecule has 2 fully saturated rings. The standard InChI is InChI=1S/C13H24N2O3/c1-2-4-11(14)12(16)15-6-3-5-10(9-15)13-17-7-8-18-13/h10-11,13H,2-9,14H2,1H3. The van der Waals surface area contributed by atoms with Crippen LogP contribution < -0.4 is 5.73 Å². The first kappa shape index (κ1) is 13.8. The summed E-state index contributed by atoms with van der Waals surface area (Å²) in [6.45, 7) is 4.93. The Morgan fingerprint density at radius 1 is 1.44 bits per heavy atom. The van der Waals surface area contributed by atoms with Crippen LogP contribution in [0.15, 0.2) is 0 Å². The van der Waals surface area contributed by atoms with Crippen molar-refractivity contribution < 1.29 is 14.3 Å². The van der Waals surface area contributed by atoms with Gasteiger partial charge in [0, 0.05) is 19.0 Å². The van der Waals surface area contributed by atoms with Gasteiger partial charge in [-0.05, 0) is 19.3 Å². The van der Waals surface area contributed by atoms with E-state index in [4.69, 9.17) is 15.2 Å². The molecule has 2 saturated heterocycles. The summed E-state index contributed by atoms with van der Waals surface area (Å²) in [5.41, 5.74) is 5.90. The Labute approximate surface area is 109 Å². The molecule has 2 rings (SSSR count). The first-order valence-electron chi connectivity index (χ1n) is 7.00. The molecule has 104 valence electrons. The van der Waals surface area contributed by atoms with Crippen LogP contribution in [0.3, 0.4) is 0 Å². The molecule has 2 N–H and O–H groups in total. The van der Waals surface area contributed by atoms with E-state index in [1.807, 2.05) is 11.8 Å². The lowest BCUT2D eigenvalue weighted by atomic mass is 9.96. The molecule has 1 amide bonds. The maximum atomic E-state index is 12.2. The minimum absolute atomic E-state index is 0.0829. The number of carbonyl (C=O) groups is 1. The van der Waals surface area contributed by atoms with Crippen LogP contribution in [-0.4, -0.2) is 49.4 Å². The van der Waals surface area contributed by atoms with Crippen molar-refractivity contribution >= 4 is 5.91 Å². The second-order valence-corrected chi connectivity index (χ2v) is 5.19. The van der Waals surface area contributed by atoms with E-state index >= 15 is 0 Å². The number of rotatable bonds is 4. The monoisotopic (exact) mass is 256 g/mol. The molecule has 2 aliphatic rings. The maximum Gasteiger partial charge on any atom is 0.239 e. The molecule has 0 saturated carbocycles. The van der Waals surface area contributed by atoms with Gasteiger partial charge in [-0.25, -0.2) is 0 Å². The highest BCUT2D eigenvalue weighted by molar-refractivity contribution is 5.81. The summed E-state index contributed by atoms with van der Waals surface area (Å²) in [6.07, 6.45) is 3.66. The Balaban J connectivity index is 1.87. The number of piperidine rings is 1. The predicted octanol–water partition coefficient (Wildman–Crippen LogP) is 0.725. The van der Waals surface area contributed by atoms with E-state index in [0.29, 0.717) is 19.1 Å². The van der Waals surface area contributed by atoms with Gasteiger partial charge in [0.15, 0.2) is 6.29 Å². The number of hydrogen-bond donors (Lipinski definition) is 1. The van der Waals surface area contributed by atoms with Crippen molar-refractivity contribution in [2.75, 3.05) is 26.3 Å². The summed E-state index contributed by atoms with van der Waals surface area (Å²) in [5.74, 6) is 0.388. The van der Waals surface area contributed by atoms with Crippen molar-refractivity contribution in [3.8, 4) is 0 Å². The van der Waals surface area contributed by atoms with E-state index in [-0.39, 0.29) is 18.2 Å².